The highest BCUT2D eigenvalue weighted by molar-refractivity contribution is 5.96. The van der Waals surface area contributed by atoms with E-state index >= 15 is 0 Å². The number of nitrogens with zero attached hydrogens (tertiary/aromatic N) is 4. The highest BCUT2D eigenvalue weighted by atomic mass is 16.5. The molecule has 0 saturated carbocycles. The molecule has 1 aliphatic rings. The Bertz CT molecular complexity index is 626. The maximum absolute atomic E-state index is 12.4. The largest absolute Gasteiger partial charge is 0.378 e. The number of rotatable bonds is 5. The number of ether oxygens (including phenoxy) is 1. The lowest BCUT2D eigenvalue weighted by molar-refractivity contribution is -0.0140. The summed E-state index contributed by atoms with van der Waals surface area (Å²) in [7, 11) is 1.88. The van der Waals surface area contributed by atoms with Gasteiger partial charge < -0.3 is 4.74 Å². The van der Waals surface area contributed by atoms with Crippen LogP contribution in [0.15, 0.2) is 36.7 Å². The van der Waals surface area contributed by atoms with Crippen molar-refractivity contribution >= 4 is 5.78 Å². The number of aromatic nitrogens is 3. The highest BCUT2D eigenvalue weighted by Crippen LogP contribution is 2.16. The van der Waals surface area contributed by atoms with Gasteiger partial charge >= 0.3 is 0 Å². The first-order valence-electron chi connectivity index (χ1n) is 7.47. The van der Waals surface area contributed by atoms with Gasteiger partial charge in [0.25, 0.3) is 0 Å². The van der Waals surface area contributed by atoms with Crippen LogP contribution >= 0.6 is 0 Å². The molecule has 1 aromatic carbocycles. The molecular formula is C16H20N4O2. The van der Waals surface area contributed by atoms with Crippen molar-refractivity contribution in [1.82, 2.24) is 19.7 Å². The van der Waals surface area contributed by atoms with E-state index in [0.29, 0.717) is 26.2 Å². The third-order valence-corrected chi connectivity index (χ3v) is 4.02. The first-order chi connectivity index (χ1) is 10.7. The molecule has 6 heteroatoms. The number of hydrogen-bond donors (Lipinski definition) is 0. The van der Waals surface area contributed by atoms with Crippen LogP contribution in [0.25, 0.3) is 0 Å². The molecule has 2 heterocycles. The maximum atomic E-state index is 12.4. The third kappa shape index (κ3) is 3.40. The Morgan fingerprint density at radius 2 is 2.18 bits per heavy atom. The van der Waals surface area contributed by atoms with Crippen LogP contribution in [-0.2, 0) is 18.3 Å². The molecule has 0 N–H and O–H groups in total. The summed E-state index contributed by atoms with van der Waals surface area (Å²) in [6, 6.07) is 9.50. The van der Waals surface area contributed by atoms with Crippen LogP contribution in [0, 0.1) is 0 Å². The van der Waals surface area contributed by atoms with Crippen molar-refractivity contribution < 1.29 is 9.53 Å². The number of hydrogen-bond acceptors (Lipinski definition) is 5. The number of ketones is 1. The summed E-state index contributed by atoms with van der Waals surface area (Å²) in [6.45, 7) is 2.76. The van der Waals surface area contributed by atoms with Gasteiger partial charge in [-0.25, -0.2) is 4.98 Å². The van der Waals surface area contributed by atoms with Gasteiger partial charge in [-0.05, 0) is 0 Å². The molecule has 22 heavy (non-hydrogen) atoms. The van der Waals surface area contributed by atoms with Crippen LogP contribution in [0.3, 0.4) is 0 Å². The molecule has 1 aromatic heterocycles. The fraction of sp³-hybridized carbons (Fsp3) is 0.438. The Balaban J connectivity index is 1.67. The van der Waals surface area contributed by atoms with Gasteiger partial charge in [0.05, 0.1) is 19.8 Å². The van der Waals surface area contributed by atoms with Crippen molar-refractivity contribution in [1.29, 1.82) is 0 Å². The van der Waals surface area contributed by atoms with E-state index in [-0.39, 0.29) is 11.8 Å². The van der Waals surface area contributed by atoms with Crippen molar-refractivity contribution in [2.75, 3.05) is 19.8 Å². The number of aryl methyl sites for hydroxylation is 1. The first kappa shape index (κ1) is 14.9. The summed E-state index contributed by atoms with van der Waals surface area (Å²) in [5.41, 5.74) is 0.756. The average molecular weight is 300 g/mol. The minimum Gasteiger partial charge on any atom is -0.378 e. The summed E-state index contributed by atoms with van der Waals surface area (Å²) < 4.78 is 7.33. The second kappa shape index (κ2) is 6.81. The Kier molecular flexibility index (Phi) is 4.60. The Morgan fingerprint density at radius 1 is 1.36 bits per heavy atom. The monoisotopic (exact) mass is 300 g/mol. The molecule has 2 aromatic rings. The van der Waals surface area contributed by atoms with E-state index < -0.39 is 0 Å². The summed E-state index contributed by atoms with van der Waals surface area (Å²) in [4.78, 5) is 18.9. The van der Waals surface area contributed by atoms with Crippen molar-refractivity contribution in [3.05, 3.63) is 48.0 Å². The van der Waals surface area contributed by atoms with Crippen molar-refractivity contribution in [2.24, 2.45) is 7.05 Å². The van der Waals surface area contributed by atoms with Crippen LogP contribution in [0.2, 0.25) is 0 Å². The topological polar surface area (TPSA) is 60.3 Å². The molecule has 0 spiro atoms. The van der Waals surface area contributed by atoms with Crippen LogP contribution in [-0.4, -0.2) is 51.2 Å². The van der Waals surface area contributed by atoms with E-state index in [9.17, 15) is 4.79 Å². The molecule has 0 aliphatic carbocycles. The molecule has 1 aliphatic heterocycles. The predicted molar refractivity (Wildman–Crippen MR) is 81.4 cm³/mol. The maximum Gasteiger partial charge on any atom is 0.164 e. The summed E-state index contributed by atoms with van der Waals surface area (Å²) in [5, 5.41) is 4.10. The van der Waals surface area contributed by atoms with E-state index in [4.69, 9.17) is 4.74 Å². The molecular weight excluding hydrogens is 280 g/mol. The number of benzene rings is 1. The summed E-state index contributed by atoms with van der Waals surface area (Å²) in [6.07, 6.45) is 2.02. The second-order valence-electron chi connectivity index (χ2n) is 5.49. The van der Waals surface area contributed by atoms with Gasteiger partial charge in [0, 0.05) is 31.6 Å². The molecule has 0 amide bonds. The molecule has 3 rings (SSSR count). The minimum absolute atomic E-state index is 0.0816. The molecule has 0 bridgehead atoms. The number of morpholine rings is 1. The van der Waals surface area contributed by atoms with E-state index in [0.717, 1.165) is 17.9 Å². The highest BCUT2D eigenvalue weighted by Gasteiger charge is 2.26. The van der Waals surface area contributed by atoms with E-state index in [1.165, 1.54) is 0 Å². The molecule has 1 saturated heterocycles. The van der Waals surface area contributed by atoms with Crippen molar-refractivity contribution in [3.63, 3.8) is 0 Å². The Labute approximate surface area is 129 Å². The molecule has 0 radical (unpaired) electrons. The number of carbonyl (C=O) groups excluding carboxylic acids is 1. The molecule has 1 atom stereocenters. The third-order valence-electron chi connectivity index (χ3n) is 4.02. The smallest absolute Gasteiger partial charge is 0.164 e. The Morgan fingerprint density at radius 3 is 2.91 bits per heavy atom. The first-order valence-corrected chi connectivity index (χ1v) is 7.47. The zero-order chi connectivity index (χ0) is 15.4. The number of Topliss-reactive ketones (excluding diaryl/α,β-unsaturated/α-hetero) is 1. The van der Waals surface area contributed by atoms with Gasteiger partial charge in [0.1, 0.15) is 12.2 Å². The van der Waals surface area contributed by atoms with Gasteiger partial charge in [-0.1, -0.05) is 30.3 Å². The van der Waals surface area contributed by atoms with Crippen molar-refractivity contribution in [2.45, 2.75) is 19.0 Å². The summed E-state index contributed by atoms with van der Waals surface area (Å²) in [5.74, 6) is 1.05. The van der Waals surface area contributed by atoms with Crippen LogP contribution in [0.1, 0.15) is 22.6 Å². The predicted octanol–water partition coefficient (Wildman–Crippen LogP) is 1.29. The molecule has 1 unspecified atom stereocenters. The summed E-state index contributed by atoms with van der Waals surface area (Å²) >= 11 is 0. The second-order valence-corrected chi connectivity index (χ2v) is 5.49. The average Bonchev–Trinajstić information content (AvgIpc) is 2.95. The van der Waals surface area contributed by atoms with E-state index in [1.807, 2.05) is 37.4 Å². The normalized spacial score (nSPS) is 19.2. The van der Waals surface area contributed by atoms with Crippen LogP contribution < -0.4 is 0 Å². The minimum atomic E-state index is 0.0816. The van der Waals surface area contributed by atoms with Crippen LogP contribution in [0.4, 0.5) is 0 Å². The molecule has 1 fully saturated rings. The quantitative estimate of drug-likeness (QED) is 0.779. The fourth-order valence-corrected chi connectivity index (χ4v) is 2.69. The van der Waals surface area contributed by atoms with Gasteiger partial charge in [0.2, 0.25) is 0 Å². The number of carbonyl (C=O) groups is 1. The van der Waals surface area contributed by atoms with Gasteiger partial charge in [-0.15, -0.1) is 0 Å². The lowest BCUT2D eigenvalue weighted by Gasteiger charge is -2.34. The lowest BCUT2D eigenvalue weighted by atomic mass is 10.0. The fourth-order valence-electron chi connectivity index (χ4n) is 2.69. The zero-order valence-electron chi connectivity index (χ0n) is 12.7. The standard InChI is InChI=1S/C16H20N4O2/c1-19-16(17-12-18-19)10-20-7-8-22-11-14(20)9-15(21)13-5-3-2-4-6-13/h2-6,12,14H,7-11H2,1H3. The SMILES string of the molecule is Cn1ncnc1CN1CCOCC1CC(=O)c1ccccc1. The van der Waals surface area contributed by atoms with E-state index in [2.05, 4.69) is 15.0 Å². The molecule has 6 nitrogen and oxygen atoms in total. The van der Waals surface area contributed by atoms with E-state index in [1.54, 1.807) is 11.0 Å². The van der Waals surface area contributed by atoms with Gasteiger partial charge in [-0.2, -0.15) is 5.10 Å². The lowest BCUT2D eigenvalue weighted by Crippen LogP contribution is -2.46. The van der Waals surface area contributed by atoms with Crippen molar-refractivity contribution in [3.8, 4) is 0 Å². The zero-order valence-corrected chi connectivity index (χ0v) is 12.7. The van der Waals surface area contributed by atoms with Gasteiger partial charge in [-0.3, -0.25) is 14.4 Å². The van der Waals surface area contributed by atoms with Crippen LogP contribution in [0.5, 0.6) is 0 Å². The van der Waals surface area contributed by atoms with Gasteiger partial charge in [0.15, 0.2) is 5.78 Å². The molecule has 116 valence electrons. The Hall–Kier alpha value is -2.05.